The van der Waals surface area contributed by atoms with Gasteiger partial charge in [0.2, 0.25) is 5.91 Å². The number of amides is 2. The van der Waals surface area contributed by atoms with E-state index in [0.29, 0.717) is 17.8 Å². The number of nitrogens with zero attached hydrogens (tertiary/aromatic N) is 4. The number of anilines is 2. The van der Waals surface area contributed by atoms with E-state index in [1.165, 1.54) is 0 Å². The topological polar surface area (TPSA) is 87.5 Å². The molecule has 1 aromatic heterocycles. The molecule has 8 heteroatoms. The van der Waals surface area contributed by atoms with Gasteiger partial charge in [-0.3, -0.25) is 9.59 Å². The number of aldehydes is 1. The molecule has 182 valence electrons. The van der Waals surface area contributed by atoms with E-state index in [2.05, 4.69) is 15.3 Å². The van der Waals surface area contributed by atoms with Crippen LogP contribution in [-0.4, -0.2) is 60.0 Å². The van der Waals surface area contributed by atoms with Crippen molar-refractivity contribution in [1.82, 2.24) is 14.7 Å². The van der Waals surface area contributed by atoms with Gasteiger partial charge in [-0.2, -0.15) is 5.10 Å². The highest BCUT2D eigenvalue weighted by Crippen LogP contribution is 2.25. The van der Waals surface area contributed by atoms with Crippen LogP contribution in [0.4, 0.5) is 11.5 Å². The van der Waals surface area contributed by atoms with E-state index < -0.39 is 5.92 Å². The van der Waals surface area contributed by atoms with Crippen LogP contribution in [0.3, 0.4) is 0 Å². The zero-order valence-electron chi connectivity index (χ0n) is 20.4. The molecule has 3 aromatic rings. The van der Waals surface area contributed by atoms with Crippen molar-refractivity contribution in [2.24, 2.45) is 5.92 Å². The van der Waals surface area contributed by atoms with E-state index in [9.17, 15) is 14.4 Å². The highest BCUT2D eigenvalue weighted by molar-refractivity contribution is 5.95. The Morgan fingerprint density at radius 3 is 2.57 bits per heavy atom. The highest BCUT2D eigenvalue weighted by atomic mass is 16.2. The summed E-state index contributed by atoms with van der Waals surface area (Å²) in [6.07, 6.45) is 1.95. The molecule has 2 amide bonds. The first kappa shape index (κ1) is 24.2. The largest absolute Gasteiger partial charge is 0.356 e. The Hall–Kier alpha value is -3.94. The van der Waals surface area contributed by atoms with Gasteiger partial charge in [0.25, 0.3) is 5.91 Å². The normalized spacial score (nSPS) is 13.6. The summed E-state index contributed by atoms with van der Waals surface area (Å²) in [4.78, 5) is 40.3. The molecule has 8 nitrogen and oxygen atoms in total. The molecule has 2 heterocycles. The summed E-state index contributed by atoms with van der Waals surface area (Å²) in [7, 11) is 3.45. The lowest BCUT2D eigenvalue weighted by Gasteiger charge is -2.31. The van der Waals surface area contributed by atoms with Crippen LogP contribution >= 0.6 is 0 Å². The van der Waals surface area contributed by atoms with Gasteiger partial charge in [-0.25, -0.2) is 4.68 Å². The molecule has 1 N–H and O–H groups in total. The van der Waals surface area contributed by atoms with E-state index in [-0.39, 0.29) is 18.2 Å². The van der Waals surface area contributed by atoms with Crippen molar-refractivity contribution in [3.05, 3.63) is 65.9 Å². The molecule has 0 fully saturated rings. The second-order valence-corrected chi connectivity index (χ2v) is 9.17. The number of hydrogen-bond donors (Lipinski definition) is 1. The van der Waals surface area contributed by atoms with Crippen molar-refractivity contribution in [2.45, 2.75) is 26.3 Å². The van der Waals surface area contributed by atoms with Crippen LogP contribution in [0.15, 0.2) is 54.6 Å². The third-order valence-corrected chi connectivity index (χ3v) is 6.12. The van der Waals surface area contributed by atoms with Gasteiger partial charge < -0.3 is 19.9 Å². The number of carbonyl (C=O) groups is 3. The van der Waals surface area contributed by atoms with E-state index in [4.69, 9.17) is 0 Å². The average molecular weight is 474 g/mol. The van der Waals surface area contributed by atoms with Gasteiger partial charge in [0.15, 0.2) is 0 Å². The lowest BCUT2D eigenvalue weighted by molar-refractivity contribution is -0.120. The van der Waals surface area contributed by atoms with Crippen LogP contribution in [0.2, 0.25) is 0 Å². The molecule has 2 aromatic carbocycles. The van der Waals surface area contributed by atoms with E-state index >= 15 is 0 Å². The van der Waals surface area contributed by atoms with Crippen LogP contribution in [0.5, 0.6) is 0 Å². The zero-order chi connectivity index (χ0) is 24.9. The molecule has 0 aliphatic carbocycles. The van der Waals surface area contributed by atoms with Crippen molar-refractivity contribution in [1.29, 1.82) is 0 Å². The SMILES string of the molecule is Cc1cc2n(n1)CCCN2CC(C=O)CC(=O)Nc1ccc(-c2cccc(C(=O)N(C)C)c2)cc1. The first-order valence-corrected chi connectivity index (χ1v) is 11.8. The maximum absolute atomic E-state index is 12.7. The molecule has 1 aliphatic heterocycles. The second kappa shape index (κ2) is 10.5. The molecule has 0 saturated carbocycles. The molecule has 0 bridgehead atoms. The predicted octanol–water partition coefficient (Wildman–Crippen LogP) is 3.61. The van der Waals surface area contributed by atoms with Crippen LogP contribution in [-0.2, 0) is 16.1 Å². The van der Waals surface area contributed by atoms with Gasteiger partial charge >= 0.3 is 0 Å². The standard InChI is InChI=1S/C27H31N5O3/c1-19-14-26-31(12-5-13-32(26)29-19)17-20(18-33)15-25(34)28-24-10-8-21(9-11-24)22-6-4-7-23(16-22)27(35)30(2)3/h4,6-11,14,16,18,20H,5,12-13,15,17H2,1-3H3,(H,28,34). The molecule has 0 radical (unpaired) electrons. The fourth-order valence-corrected chi connectivity index (χ4v) is 4.39. The Morgan fingerprint density at radius 1 is 1.09 bits per heavy atom. The van der Waals surface area contributed by atoms with Gasteiger partial charge in [0, 0.05) is 63.4 Å². The molecule has 1 aliphatic rings. The Balaban J connectivity index is 1.37. The molecular formula is C27H31N5O3. The first-order valence-electron chi connectivity index (χ1n) is 11.8. The number of benzene rings is 2. The number of nitrogens with one attached hydrogen (secondary N) is 1. The summed E-state index contributed by atoms with van der Waals surface area (Å²) < 4.78 is 1.97. The van der Waals surface area contributed by atoms with Crippen LogP contribution < -0.4 is 10.2 Å². The van der Waals surface area contributed by atoms with Crippen LogP contribution in [0.25, 0.3) is 11.1 Å². The van der Waals surface area contributed by atoms with Crippen molar-refractivity contribution in [2.75, 3.05) is 37.4 Å². The van der Waals surface area contributed by atoms with Crippen molar-refractivity contribution in [3.8, 4) is 11.1 Å². The molecular weight excluding hydrogens is 442 g/mol. The number of aryl methyl sites for hydroxylation is 2. The van der Waals surface area contributed by atoms with Crippen molar-refractivity contribution in [3.63, 3.8) is 0 Å². The number of hydrogen-bond acceptors (Lipinski definition) is 5. The second-order valence-electron chi connectivity index (χ2n) is 9.17. The maximum atomic E-state index is 12.7. The quantitative estimate of drug-likeness (QED) is 0.505. The third-order valence-electron chi connectivity index (χ3n) is 6.12. The Kier molecular flexibility index (Phi) is 7.29. The van der Waals surface area contributed by atoms with E-state index in [1.807, 2.05) is 60.1 Å². The van der Waals surface area contributed by atoms with Crippen LogP contribution in [0, 0.1) is 12.8 Å². The van der Waals surface area contributed by atoms with Gasteiger partial charge in [-0.05, 0) is 48.7 Å². The fourth-order valence-electron chi connectivity index (χ4n) is 4.39. The van der Waals surface area contributed by atoms with Gasteiger partial charge in [-0.15, -0.1) is 0 Å². The van der Waals surface area contributed by atoms with Crippen molar-refractivity contribution >= 4 is 29.6 Å². The molecule has 1 unspecified atom stereocenters. The predicted molar refractivity (Wildman–Crippen MR) is 136 cm³/mol. The Bertz CT molecular complexity index is 1220. The minimum atomic E-state index is -0.409. The van der Waals surface area contributed by atoms with E-state index in [0.717, 1.165) is 48.4 Å². The highest BCUT2D eigenvalue weighted by Gasteiger charge is 2.23. The summed E-state index contributed by atoms with van der Waals surface area (Å²) in [5.74, 6) is 0.348. The van der Waals surface area contributed by atoms with E-state index in [1.54, 1.807) is 25.1 Å². The first-order chi connectivity index (χ1) is 16.8. The smallest absolute Gasteiger partial charge is 0.253 e. The Morgan fingerprint density at radius 2 is 1.86 bits per heavy atom. The summed E-state index contributed by atoms with van der Waals surface area (Å²) in [6, 6.07) is 17.0. The van der Waals surface area contributed by atoms with Gasteiger partial charge in [-0.1, -0.05) is 24.3 Å². The summed E-state index contributed by atoms with van der Waals surface area (Å²) >= 11 is 0. The summed E-state index contributed by atoms with van der Waals surface area (Å²) in [6.45, 7) is 4.17. The van der Waals surface area contributed by atoms with Gasteiger partial charge in [0.05, 0.1) is 5.69 Å². The number of fused-ring (bicyclic) bond motifs is 1. The minimum Gasteiger partial charge on any atom is -0.356 e. The summed E-state index contributed by atoms with van der Waals surface area (Å²) in [5, 5.41) is 7.39. The van der Waals surface area contributed by atoms with Crippen LogP contribution in [0.1, 0.15) is 28.9 Å². The number of carbonyl (C=O) groups excluding carboxylic acids is 3. The lowest BCUT2D eigenvalue weighted by atomic mass is 10.0. The zero-order valence-corrected chi connectivity index (χ0v) is 20.4. The molecule has 0 spiro atoms. The average Bonchev–Trinajstić information content (AvgIpc) is 3.24. The number of aromatic nitrogens is 2. The lowest BCUT2D eigenvalue weighted by Crippen LogP contribution is -2.37. The minimum absolute atomic E-state index is 0.0513. The summed E-state index contributed by atoms with van der Waals surface area (Å²) in [5.41, 5.74) is 4.10. The Labute approximate surface area is 205 Å². The van der Waals surface area contributed by atoms with Crippen molar-refractivity contribution < 1.29 is 14.4 Å². The maximum Gasteiger partial charge on any atom is 0.253 e. The molecule has 35 heavy (non-hydrogen) atoms. The number of rotatable bonds is 8. The monoisotopic (exact) mass is 473 g/mol. The molecule has 0 saturated heterocycles. The third kappa shape index (κ3) is 5.77. The fraction of sp³-hybridized carbons (Fsp3) is 0.333. The van der Waals surface area contributed by atoms with Gasteiger partial charge in [0.1, 0.15) is 12.1 Å². The molecule has 1 atom stereocenters. The molecule has 4 rings (SSSR count).